The number of benzene rings is 1. The Kier molecular flexibility index (Phi) is 6.49. The van der Waals surface area contributed by atoms with E-state index in [0.717, 1.165) is 45.1 Å². The topological polar surface area (TPSA) is 35.6 Å². The molecule has 1 aromatic rings. The molecule has 2 atom stereocenters. The number of amides is 1. The maximum Gasteiger partial charge on any atom is 0.239 e. The van der Waals surface area contributed by atoms with Gasteiger partial charge in [-0.3, -0.25) is 9.69 Å². The third-order valence-electron chi connectivity index (χ3n) is 6.01. The minimum Gasteiger partial charge on any atom is -0.341 e. The maximum atomic E-state index is 12.8. The first kappa shape index (κ1) is 18.4. The minimum atomic E-state index is 0.0333. The average molecular weight is 344 g/mol. The standard InChI is InChI=1S/C21H33N3O/c1-17(21(25)24-13-10-20(16-24)15-22-2)23-11-8-19(9-12-23)14-18-6-4-3-5-7-18/h3-7,17,19-20,22H,8-16H2,1-2H3. The molecule has 4 heteroatoms. The van der Waals surface area contributed by atoms with Crippen molar-refractivity contribution in [3.8, 4) is 0 Å². The van der Waals surface area contributed by atoms with Crippen molar-refractivity contribution >= 4 is 5.91 Å². The third kappa shape index (κ3) is 4.83. The van der Waals surface area contributed by atoms with Gasteiger partial charge >= 0.3 is 0 Å². The van der Waals surface area contributed by atoms with Crippen LogP contribution in [-0.2, 0) is 11.2 Å². The van der Waals surface area contributed by atoms with Crippen LogP contribution in [0.1, 0.15) is 31.7 Å². The Hall–Kier alpha value is -1.39. The summed E-state index contributed by atoms with van der Waals surface area (Å²) in [4.78, 5) is 17.3. The molecule has 2 saturated heterocycles. The molecule has 2 unspecified atom stereocenters. The largest absolute Gasteiger partial charge is 0.341 e. The highest BCUT2D eigenvalue weighted by Crippen LogP contribution is 2.24. The lowest BCUT2D eigenvalue weighted by Gasteiger charge is -2.36. The molecule has 0 aliphatic carbocycles. The molecule has 2 heterocycles. The van der Waals surface area contributed by atoms with Gasteiger partial charge in [0.05, 0.1) is 6.04 Å². The quantitative estimate of drug-likeness (QED) is 0.861. The first-order valence-electron chi connectivity index (χ1n) is 9.88. The van der Waals surface area contributed by atoms with Crippen LogP contribution in [0.15, 0.2) is 30.3 Å². The van der Waals surface area contributed by atoms with Crippen LogP contribution in [0.25, 0.3) is 0 Å². The predicted octanol–water partition coefficient (Wildman–Crippen LogP) is 2.40. The molecule has 2 aliphatic heterocycles. The lowest BCUT2D eigenvalue weighted by Crippen LogP contribution is -2.49. The molecule has 138 valence electrons. The number of rotatable bonds is 6. The number of carbonyl (C=O) groups excluding carboxylic acids is 1. The summed E-state index contributed by atoms with van der Waals surface area (Å²) in [5.41, 5.74) is 1.44. The molecule has 25 heavy (non-hydrogen) atoms. The Morgan fingerprint density at radius 3 is 2.48 bits per heavy atom. The number of piperidine rings is 1. The number of carbonyl (C=O) groups is 1. The summed E-state index contributed by atoms with van der Waals surface area (Å²) in [6.45, 7) is 7.08. The van der Waals surface area contributed by atoms with Gasteiger partial charge < -0.3 is 10.2 Å². The molecular formula is C21H33N3O. The fourth-order valence-corrected chi connectivity index (χ4v) is 4.40. The van der Waals surface area contributed by atoms with Gasteiger partial charge in [0.1, 0.15) is 0 Å². The highest BCUT2D eigenvalue weighted by Gasteiger charge is 2.32. The summed E-state index contributed by atoms with van der Waals surface area (Å²) >= 11 is 0. The number of hydrogen-bond acceptors (Lipinski definition) is 3. The van der Waals surface area contributed by atoms with Gasteiger partial charge in [0.2, 0.25) is 5.91 Å². The lowest BCUT2D eigenvalue weighted by molar-refractivity contribution is -0.136. The van der Waals surface area contributed by atoms with Gasteiger partial charge in [0.15, 0.2) is 0 Å². The van der Waals surface area contributed by atoms with Gasteiger partial charge in [-0.1, -0.05) is 30.3 Å². The highest BCUT2D eigenvalue weighted by molar-refractivity contribution is 5.81. The molecular weight excluding hydrogens is 310 g/mol. The van der Waals surface area contributed by atoms with Gasteiger partial charge in [-0.15, -0.1) is 0 Å². The second-order valence-corrected chi connectivity index (χ2v) is 7.84. The van der Waals surface area contributed by atoms with E-state index in [9.17, 15) is 4.79 Å². The predicted molar refractivity (Wildman–Crippen MR) is 103 cm³/mol. The first-order chi connectivity index (χ1) is 12.2. The molecule has 1 amide bonds. The molecule has 0 saturated carbocycles. The number of nitrogens with one attached hydrogen (secondary N) is 1. The first-order valence-corrected chi connectivity index (χ1v) is 9.88. The van der Waals surface area contributed by atoms with Crippen LogP contribution >= 0.6 is 0 Å². The van der Waals surface area contributed by atoms with E-state index in [-0.39, 0.29) is 6.04 Å². The van der Waals surface area contributed by atoms with Gasteiger partial charge in [0.25, 0.3) is 0 Å². The van der Waals surface area contributed by atoms with Crippen LogP contribution in [0.3, 0.4) is 0 Å². The van der Waals surface area contributed by atoms with Crippen LogP contribution in [0, 0.1) is 11.8 Å². The van der Waals surface area contributed by atoms with Crippen molar-refractivity contribution < 1.29 is 4.79 Å². The lowest BCUT2D eigenvalue weighted by atomic mass is 9.89. The monoisotopic (exact) mass is 343 g/mol. The second kappa shape index (κ2) is 8.81. The van der Waals surface area contributed by atoms with Gasteiger partial charge in [-0.2, -0.15) is 0 Å². The normalized spacial score (nSPS) is 23.8. The summed E-state index contributed by atoms with van der Waals surface area (Å²) in [5.74, 6) is 1.71. The Balaban J connectivity index is 1.45. The Labute approximate surface area is 152 Å². The number of nitrogens with zero attached hydrogens (tertiary/aromatic N) is 2. The van der Waals surface area contributed by atoms with Crippen LogP contribution in [-0.4, -0.2) is 61.5 Å². The highest BCUT2D eigenvalue weighted by atomic mass is 16.2. The minimum absolute atomic E-state index is 0.0333. The summed E-state index contributed by atoms with van der Waals surface area (Å²) in [7, 11) is 1.99. The summed E-state index contributed by atoms with van der Waals surface area (Å²) in [5, 5.41) is 3.24. The van der Waals surface area contributed by atoms with Crippen LogP contribution < -0.4 is 5.32 Å². The number of likely N-dealkylation sites (tertiary alicyclic amines) is 2. The molecule has 2 fully saturated rings. The summed E-state index contributed by atoms with van der Waals surface area (Å²) < 4.78 is 0. The molecule has 0 radical (unpaired) electrons. The van der Waals surface area contributed by atoms with Crippen molar-refractivity contribution in [2.45, 2.75) is 38.6 Å². The van der Waals surface area contributed by atoms with Crippen molar-refractivity contribution in [2.24, 2.45) is 11.8 Å². The molecule has 0 spiro atoms. The molecule has 0 aromatic heterocycles. The van der Waals surface area contributed by atoms with Crippen LogP contribution in [0.5, 0.6) is 0 Å². The van der Waals surface area contributed by atoms with Crippen molar-refractivity contribution in [2.75, 3.05) is 39.8 Å². The van der Waals surface area contributed by atoms with Crippen molar-refractivity contribution in [3.63, 3.8) is 0 Å². The van der Waals surface area contributed by atoms with E-state index < -0.39 is 0 Å². The fourth-order valence-electron chi connectivity index (χ4n) is 4.40. The summed E-state index contributed by atoms with van der Waals surface area (Å²) in [6, 6.07) is 10.8. The van der Waals surface area contributed by atoms with E-state index >= 15 is 0 Å². The van der Waals surface area contributed by atoms with Gasteiger partial charge in [-0.05, 0) is 76.7 Å². The molecule has 1 N–H and O–H groups in total. The maximum absolute atomic E-state index is 12.8. The molecule has 1 aromatic carbocycles. The van der Waals surface area contributed by atoms with Crippen molar-refractivity contribution in [1.82, 2.24) is 15.1 Å². The van der Waals surface area contributed by atoms with Crippen molar-refractivity contribution in [3.05, 3.63) is 35.9 Å². The summed E-state index contributed by atoms with van der Waals surface area (Å²) in [6.07, 6.45) is 4.72. The molecule has 0 bridgehead atoms. The zero-order valence-corrected chi connectivity index (χ0v) is 15.8. The van der Waals surface area contributed by atoms with E-state index in [4.69, 9.17) is 0 Å². The fraction of sp³-hybridized carbons (Fsp3) is 0.667. The van der Waals surface area contributed by atoms with Crippen LogP contribution in [0.4, 0.5) is 0 Å². The smallest absolute Gasteiger partial charge is 0.239 e. The van der Waals surface area contributed by atoms with Crippen LogP contribution in [0.2, 0.25) is 0 Å². The zero-order chi connectivity index (χ0) is 17.6. The van der Waals surface area contributed by atoms with Crippen molar-refractivity contribution in [1.29, 1.82) is 0 Å². The number of hydrogen-bond donors (Lipinski definition) is 1. The van der Waals surface area contributed by atoms with E-state index in [1.807, 2.05) is 7.05 Å². The molecule has 3 rings (SSSR count). The Morgan fingerprint density at radius 2 is 1.80 bits per heavy atom. The second-order valence-electron chi connectivity index (χ2n) is 7.84. The zero-order valence-electron chi connectivity index (χ0n) is 15.8. The Morgan fingerprint density at radius 1 is 1.12 bits per heavy atom. The van der Waals surface area contributed by atoms with Gasteiger partial charge in [0, 0.05) is 13.1 Å². The SMILES string of the molecule is CNCC1CCN(C(=O)C(C)N2CCC(Cc3ccccc3)CC2)C1. The average Bonchev–Trinajstić information content (AvgIpc) is 3.11. The third-order valence-corrected chi connectivity index (χ3v) is 6.01. The molecule has 2 aliphatic rings. The Bertz CT molecular complexity index is 539. The molecule has 4 nitrogen and oxygen atoms in total. The van der Waals surface area contributed by atoms with E-state index in [1.165, 1.54) is 24.8 Å². The van der Waals surface area contributed by atoms with Gasteiger partial charge in [-0.25, -0.2) is 0 Å². The van der Waals surface area contributed by atoms with E-state index in [0.29, 0.717) is 11.8 Å². The van der Waals surface area contributed by atoms with E-state index in [1.54, 1.807) is 0 Å². The van der Waals surface area contributed by atoms with E-state index in [2.05, 4.69) is 52.4 Å².